The highest BCUT2D eigenvalue weighted by molar-refractivity contribution is 5.95. The second-order valence-electron chi connectivity index (χ2n) is 4.39. The molecular weight excluding hydrogens is 216 g/mol. The van der Waals surface area contributed by atoms with Crippen LogP contribution in [0.3, 0.4) is 0 Å². The standard InChI is InChI=1S/C13H20N2O2/c1-9(2)15(6-7-16)13(17)11-5-4-10(3)12(14)8-11/h4-5,8-9,16H,6-7,14H2,1-3H3. The van der Waals surface area contributed by atoms with Gasteiger partial charge in [0.2, 0.25) is 0 Å². The summed E-state index contributed by atoms with van der Waals surface area (Å²) >= 11 is 0. The summed E-state index contributed by atoms with van der Waals surface area (Å²) in [5.41, 5.74) is 7.93. The molecule has 1 amide bonds. The highest BCUT2D eigenvalue weighted by Crippen LogP contribution is 2.15. The number of aliphatic hydroxyl groups is 1. The molecule has 0 heterocycles. The lowest BCUT2D eigenvalue weighted by molar-refractivity contribution is 0.0665. The summed E-state index contributed by atoms with van der Waals surface area (Å²) in [7, 11) is 0. The molecule has 0 bridgehead atoms. The van der Waals surface area contributed by atoms with Crippen LogP contribution in [0.2, 0.25) is 0 Å². The van der Waals surface area contributed by atoms with Crippen LogP contribution in [0.15, 0.2) is 18.2 Å². The Morgan fingerprint density at radius 1 is 1.47 bits per heavy atom. The zero-order valence-corrected chi connectivity index (χ0v) is 10.6. The number of aliphatic hydroxyl groups excluding tert-OH is 1. The summed E-state index contributed by atoms with van der Waals surface area (Å²) in [5, 5.41) is 8.96. The van der Waals surface area contributed by atoms with Gasteiger partial charge in [-0.3, -0.25) is 4.79 Å². The summed E-state index contributed by atoms with van der Waals surface area (Å²) in [6, 6.07) is 5.34. The van der Waals surface area contributed by atoms with Crippen LogP contribution in [-0.4, -0.2) is 35.1 Å². The summed E-state index contributed by atoms with van der Waals surface area (Å²) in [6.07, 6.45) is 0. The molecule has 0 aliphatic carbocycles. The third-order valence-electron chi connectivity index (χ3n) is 2.75. The van der Waals surface area contributed by atoms with Gasteiger partial charge in [-0.05, 0) is 38.5 Å². The molecule has 0 radical (unpaired) electrons. The van der Waals surface area contributed by atoms with Crippen molar-refractivity contribution >= 4 is 11.6 Å². The second-order valence-corrected chi connectivity index (χ2v) is 4.39. The first-order valence-electron chi connectivity index (χ1n) is 5.75. The molecule has 4 heteroatoms. The summed E-state index contributed by atoms with van der Waals surface area (Å²) in [5.74, 6) is -0.0965. The van der Waals surface area contributed by atoms with E-state index in [-0.39, 0.29) is 18.6 Å². The van der Waals surface area contributed by atoms with Gasteiger partial charge in [-0.15, -0.1) is 0 Å². The van der Waals surface area contributed by atoms with Crippen LogP contribution in [0.4, 0.5) is 5.69 Å². The Bertz CT molecular complexity index is 402. The fourth-order valence-corrected chi connectivity index (χ4v) is 1.64. The fourth-order valence-electron chi connectivity index (χ4n) is 1.64. The Morgan fingerprint density at radius 2 is 2.12 bits per heavy atom. The van der Waals surface area contributed by atoms with Gasteiger partial charge in [0.1, 0.15) is 0 Å². The van der Waals surface area contributed by atoms with Crippen LogP contribution in [-0.2, 0) is 0 Å². The Hall–Kier alpha value is -1.55. The summed E-state index contributed by atoms with van der Waals surface area (Å²) < 4.78 is 0. The molecule has 0 unspecified atom stereocenters. The zero-order valence-electron chi connectivity index (χ0n) is 10.6. The van der Waals surface area contributed by atoms with Gasteiger partial charge in [-0.2, -0.15) is 0 Å². The minimum atomic E-state index is -0.0965. The van der Waals surface area contributed by atoms with Gasteiger partial charge in [-0.1, -0.05) is 6.07 Å². The molecule has 0 fully saturated rings. The average Bonchev–Trinajstić information content (AvgIpc) is 2.28. The normalized spacial score (nSPS) is 10.6. The van der Waals surface area contributed by atoms with Gasteiger partial charge in [0.25, 0.3) is 5.91 Å². The van der Waals surface area contributed by atoms with E-state index in [1.165, 1.54) is 0 Å². The maximum absolute atomic E-state index is 12.2. The monoisotopic (exact) mass is 236 g/mol. The van der Waals surface area contributed by atoms with E-state index in [0.29, 0.717) is 17.8 Å². The number of carbonyl (C=O) groups excluding carboxylic acids is 1. The number of hydrogen-bond acceptors (Lipinski definition) is 3. The molecule has 0 aliphatic heterocycles. The van der Waals surface area contributed by atoms with E-state index in [4.69, 9.17) is 10.8 Å². The van der Waals surface area contributed by atoms with Crippen molar-refractivity contribution in [3.8, 4) is 0 Å². The van der Waals surface area contributed by atoms with Crippen molar-refractivity contribution in [2.75, 3.05) is 18.9 Å². The Balaban J connectivity index is 2.97. The molecule has 0 saturated carbocycles. The fraction of sp³-hybridized carbons (Fsp3) is 0.462. The van der Waals surface area contributed by atoms with Gasteiger partial charge < -0.3 is 15.7 Å². The van der Waals surface area contributed by atoms with Crippen LogP contribution in [0.1, 0.15) is 29.8 Å². The topological polar surface area (TPSA) is 66.6 Å². The number of amides is 1. The molecule has 3 N–H and O–H groups in total. The maximum Gasteiger partial charge on any atom is 0.254 e. The van der Waals surface area contributed by atoms with Crippen LogP contribution in [0.25, 0.3) is 0 Å². The number of nitrogens with two attached hydrogens (primary N) is 1. The number of carbonyl (C=O) groups is 1. The number of anilines is 1. The van der Waals surface area contributed by atoms with Gasteiger partial charge in [0, 0.05) is 23.8 Å². The molecule has 0 aromatic heterocycles. The van der Waals surface area contributed by atoms with E-state index in [9.17, 15) is 4.79 Å². The minimum absolute atomic E-state index is 0.0364. The van der Waals surface area contributed by atoms with Crippen molar-refractivity contribution in [1.29, 1.82) is 0 Å². The highest BCUT2D eigenvalue weighted by Gasteiger charge is 2.18. The van der Waals surface area contributed by atoms with E-state index in [1.807, 2.05) is 26.8 Å². The van der Waals surface area contributed by atoms with E-state index in [0.717, 1.165) is 5.56 Å². The molecule has 1 aromatic carbocycles. The molecule has 1 aromatic rings. The molecule has 0 saturated heterocycles. The van der Waals surface area contributed by atoms with Crippen LogP contribution >= 0.6 is 0 Å². The molecule has 0 spiro atoms. The average molecular weight is 236 g/mol. The lowest BCUT2D eigenvalue weighted by Crippen LogP contribution is -2.39. The first-order chi connectivity index (χ1) is 7.97. The van der Waals surface area contributed by atoms with Crippen molar-refractivity contribution in [3.63, 3.8) is 0 Å². The Labute approximate surface area is 102 Å². The SMILES string of the molecule is Cc1ccc(C(=O)N(CCO)C(C)C)cc1N. The highest BCUT2D eigenvalue weighted by atomic mass is 16.3. The van der Waals surface area contributed by atoms with E-state index < -0.39 is 0 Å². The smallest absolute Gasteiger partial charge is 0.254 e. The minimum Gasteiger partial charge on any atom is -0.398 e. The maximum atomic E-state index is 12.2. The Morgan fingerprint density at radius 3 is 2.59 bits per heavy atom. The predicted octanol–water partition coefficient (Wildman–Crippen LogP) is 1.42. The van der Waals surface area contributed by atoms with Crippen molar-refractivity contribution in [3.05, 3.63) is 29.3 Å². The number of rotatable bonds is 4. The number of benzene rings is 1. The number of aryl methyl sites for hydroxylation is 1. The molecular formula is C13H20N2O2. The number of hydrogen-bond donors (Lipinski definition) is 2. The zero-order chi connectivity index (χ0) is 13.0. The van der Waals surface area contributed by atoms with Crippen LogP contribution in [0, 0.1) is 6.92 Å². The Kier molecular flexibility index (Phi) is 4.52. The molecule has 17 heavy (non-hydrogen) atoms. The van der Waals surface area contributed by atoms with E-state index >= 15 is 0 Å². The molecule has 0 aliphatic rings. The van der Waals surface area contributed by atoms with Crippen molar-refractivity contribution in [1.82, 2.24) is 4.90 Å². The lowest BCUT2D eigenvalue weighted by Gasteiger charge is -2.26. The first kappa shape index (κ1) is 13.5. The van der Waals surface area contributed by atoms with Gasteiger partial charge in [0.15, 0.2) is 0 Å². The predicted molar refractivity (Wildman–Crippen MR) is 68.8 cm³/mol. The molecule has 4 nitrogen and oxygen atoms in total. The van der Waals surface area contributed by atoms with Crippen LogP contribution < -0.4 is 5.73 Å². The van der Waals surface area contributed by atoms with Crippen LogP contribution in [0.5, 0.6) is 0 Å². The van der Waals surface area contributed by atoms with Crippen molar-refractivity contribution in [2.45, 2.75) is 26.8 Å². The summed E-state index contributed by atoms with van der Waals surface area (Å²) in [6.45, 7) is 6.04. The van der Waals surface area contributed by atoms with Gasteiger partial charge >= 0.3 is 0 Å². The van der Waals surface area contributed by atoms with Gasteiger partial charge in [0.05, 0.1) is 6.61 Å². The third kappa shape index (κ3) is 3.20. The first-order valence-corrected chi connectivity index (χ1v) is 5.75. The molecule has 1 rings (SSSR count). The largest absolute Gasteiger partial charge is 0.398 e. The molecule has 0 atom stereocenters. The van der Waals surface area contributed by atoms with E-state index in [2.05, 4.69) is 0 Å². The molecule has 94 valence electrons. The number of nitrogen functional groups attached to an aromatic ring is 1. The van der Waals surface area contributed by atoms with Gasteiger partial charge in [-0.25, -0.2) is 0 Å². The third-order valence-corrected chi connectivity index (χ3v) is 2.75. The quantitative estimate of drug-likeness (QED) is 0.777. The lowest BCUT2D eigenvalue weighted by atomic mass is 10.1. The van der Waals surface area contributed by atoms with E-state index in [1.54, 1.807) is 17.0 Å². The van der Waals surface area contributed by atoms with Crippen molar-refractivity contribution < 1.29 is 9.90 Å². The second kappa shape index (κ2) is 5.68. The number of nitrogens with zero attached hydrogens (tertiary/aromatic N) is 1. The summed E-state index contributed by atoms with van der Waals surface area (Å²) in [4.78, 5) is 13.8. The van der Waals surface area contributed by atoms with Crippen molar-refractivity contribution in [2.24, 2.45) is 0 Å².